The first kappa shape index (κ1) is 14.3. The SMILES string of the molecule is COc1ccc(C(C)(C)C)cc1C(O)C(C)Cl. The summed E-state index contributed by atoms with van der Waals surface area (Å²) in [5, 5.41) is 9.74. The molecule has 17 heavy (non-hydrogen) atoms. The predicted molar refractivity (Wildman–Crippen MR) is 72.0 cm³/mol. The van der Waals surface area contributed by atoms with Crippen LogP contribution >= 0.6 is 11.6 Å². The molecule has 0 aliphatic heterocycles. The smallest absolute Gasteiger partial charge is 0.124 e. The van der Waals surface area contributed by atoms with E-state index in [2.05, 4.69) is 20.8 Å². The number of hydrogen-bond acceptors (Lipinski definition) is 2. The van der Waals surface area contributed by atoms with Gasteiger partial charge in [0.05, 0.1) is 18.6 Å². The number of aliphatic hydroxyl groups excluding tert-OH is 1. The zero-order chi connectivity index (χ0) is 13.2. The summed E-state index contributed by atoms with van der Waals surface area (Å²) in [5.41, 5.74) is 1.95. The third-order valence-corrected chi connectivity index (χ3v) is 3.09. The second-order valence-corrected chi connectivity index (χ2v) is 6.02. The van der Waals surface area contributed by atoms with E-state index in [4.69, 9.17) is 16.3 Å². The molecule has 2 atom stereocenters. The van der Waals surface area contributed by atoms with Crippen LogP contribution in [0.1, 0.15) is 44.9 Å². The molecule has 1 rings (SSSR count). The van der Waals surface area contributed by atoms with Crippen molar-refractivity contribution in [1.29, 1.82) is 0 Å². The van der Waals surface area contributed by atoms with Gasteiger partial charge in [0.25, 0.3) is 0 Å². The molecular weight excluding hydrogens is 236 g/mol. The van der Waals surface area contributed by atoms with Crippen molar-refractivity contribution in [3.05, 3.63) is 29.3 Å². The molecule has 0 aliphatic carbocycles. The fourth-order valence-corrected chi connectivity index (χ4v) is 1.82. The van der Waals surface area contributed by atoms with Crippen LogP contribution in [0.15, 0.2) is 18.2 Å². The van der Waals surface area contributed by atoms with E-state index >= 15 is 0 Å². The van der Waals surface area contributed by atoms with E-state index in [1.165, 1.54) is 0 Å². The maximum absolute atomic E-state index is 10.1. The summed E-state index contributed by atoms with van der Waals surface area (Å²) in [4.78, 5) is 0. The number of rotatable bonds is 3. The monoisotopic (exact) mass is 256 g/mol. The summed E-state index contributed by atoms with van der Waals surface area (Å²) in [6, 6.07) is 5.88. The molecule has 0 amide bonds. The van der Waals surface area contributed by atoms with Crippen LogP contribution in [0.2, 0.25) is 0 Å². The molecule has 0 saturated heterocycles. The Balaban J connectivity index is 3.25. The fraction of sp³-hybridized carbons (Fsp3) is 0.571. The maximum Gasteiger partial charge on any atom is 0.124 e. The lowest BCUT2D eigenvalue weighted by atomic mass is 9.85. The standard InChI is InChI=1S/C14H21ClO2/c1-9(15)13(16)11-8-10(14(2,3)4)6-7-12(11)17-5/h6-9,13,16H,1-5H3. The Labute approximate surface area is 109 Å². The van der Waals surface area contributed by atoms with Gasteiger partial charge in [-0.1, -0.05) is 26.8 Å². The molecule has 0 aliphatic rings. The molecule has 3 heteroatoms. The van der Waals surface area contributed by atoms with E-state index in [0.29, 0.717) is 5.75 Å². The largest absolute Gasteiger partial charge is 0.496 e. The van der Waals surface area contributed by atoms with Crippen molar-refractivity contribution < 1.29 is 9.84 Å². The third-order valence-electron chi connectivity index (χ3n) is 2.85. The van der Waals surface area contributed by atoms with Crippen molar-refractivity contribution in [2.45, 2.75) is 44.6 Å². The minimum Gasteiger partial charge on any atom is -0.496 e. The summed E-state index contributed by atoms with van der Waals surface area (Å²) in [5.74, 6) is 0.679. The average Bonchev–Trinajstić information content (AvgIpc) is 2.25. The minimum atomic E-state index is -0.714. The summed E-state index contributed by atoms with van der Waals surface area (Å²) >= 11 is 5.95. The van der Waals surface area contributed by atoms with Crippen LogP contribution in [0.4, 0.5) is 0 Å². The lowest BCUT2D eigenvalue weighted by Gasteiger charge is -2.23. The van der Waals surface area contributed by atoms with E-state index in [-0.39, 0.29) is 10.8 Å². The zero-order valence-electron chi connectivity index (χ0n) is 11.1. The van der Waals surface area contributed by atoms with Crippen LogP contribution in [-0.4, -0.2) is 17.6 Å². The quantitative estimate of drug-likeness (QED) is 0.837. The molecule has 0 bridgehead atoms. The van der Waals surface area contributed by atoms with Crippen molar-refractivity contribution >= 4 is 11.6 Å². The van der Waals surface area contributed by atoms with E-state index in [0.717, 1.165) is 11.1 Å². The fourth-order valence-electron chi connectivity index (χ4n) is 1.68. The summed E-state index contributed by atoms with van der Waals surface area (Å²) in [6.45, 7) is 8.18. The highest BCUT2D eigenvalue weighted by Gasteiger charge is 2.22. The van der Waals surface area contributed by atoms with Gasteiger partial charge in [-0.3, -0.25) is 0 Å². The average molecular weight is 257 g/mol. The number of aliphatic hydroxyl groups is 1. The molecule has 1 aromatic carbocycles. The van der Waals surface area contributed by atoms with Gasteiger partial charge < -0.3 is 9.84 Å². The topological polar surface area (TPSA) is 29.5 Å². The van der Waals surface area contributed by atoms with Gasteiger partial charge in [-0.15, -0.1) is 11.6 Å². The van der Waals surface area contributed by atoms with Crippen molar-refractivity contribution in [2.75, 3.05) is 7.11 Å². The molecule has 96 valence electrons. The van der Waals surface area contributed by atoms with Crippen molar-refractivity contribution in [3.8, 4) is 5.75 Å². The van der Waals surface area contributed by atoms with E-state index in [1.807, 2.05) is 18.2 Å². The summed E-state index contributed by atoms with van der Waals surface area (Å²) < 4.78 is 5.27. The highest BCUT2D eigenvalue weighted by Crippen LogP contribution is 2.33. The lowest BCUT2D eigenvalue weighted by molar-refractivity contribution is 0.172. The first-order valence-electron chi connectivity index (χ1n) is 5.78. The minimum absolute atomic E-state index is 0.0380. The number of benzene rings is 1. The van der Waals surface area contributed by atoms with Gasteiger partial charge in [0.1, 0.15) is 5.75 Å². The van der Waals surface area contributed by atoms with Crippen molar-refractivity contribution in [3.63, 3.8) is 0 Å². The second kappa shape index (κ2) is 5.28. The summed E-state index contributed by atoms with van der Waals surface area (Å²) in [6.07, 6.45) is -0.714. The third kappa shape index (κ3) is 3.36. The molecule has 0 fully saturated rings. The molecule has 2 nitrogen and oxygen atoms in total. The zero-order valence-corrected chi connectivity index (χ0v) is 11.9. The normalized spacial score (nSPS) is 15.5. The molecule has 1 aromatic rings. The van der Waals surface area contributed by atoms with Crippen LogP contribution in [0, 0.1) is 0 Å². The Morgan fingerprint density at radius 1 is 1.29 bits per heavy atom. The Morgan fingerprint density at radius 3 is 2.29 bits per heavy atom. The molecule has 0 aromatic heterocycles. The Kier molecular flexibility index (Phi) is 4.45. The second-order valence-electron chi connectivity index (χ2n) is 5.33. The van der Waals surface area contributed by atoms with Crippen LogP contribution in [-0.2, 0) is 5.41 Å². The Bertz CT molecular complexity index is 380. The van der Waals surface area contributed by atoms with Crippen LogP contribution < -0.4 is 4.74 Å². The lowest BCUT2D eigenvalue weighted by Crippen LogP contribution is -2.15. The molecule has 2 unspecified atom stereocenters. The van der Waals surface area contributed by atoms with E-state index in [9.17, 15) is 5.11 Å². The number of alkyl halides is 1. The number of halogens is 1. The number of ether oxygens (including phenoxy) is 1. The van der Waals surface area contributed by atoms with Crippen LogP contribution in [0.3, 0.4) is 0 Å². The van der Waals surface area contributed by atoms with Crippen LogP contribution in [0.5, 0.6) is 5.75 Å². The van der Waals surface area contributed by atoms with E-state index in [1.54, 1.807) is 14.0 Å². The molecule has 0 spiro atoms. The number of methoxy groups -OCH3 is 1. The Hall–Kier alpha value is -0.730. The van der Waals surface area contributed by atoms with Crippen molar-refractivity contribution in [1.82, 2.24) is 0 Å². The molecule has 0 saturated carbocycles. The predicted octanol–water partition coefficient (Wildman–Crippen LogP) is 3.65. The van der Waals surface area contributed by atoms with Gasteiger partial charge in [-0.25, -0.2) is 0 Å². The van der Waals surface area contributed by atoms with Gasteiger partial charge >= 0.3 is 0 Å². The number of hydrogen-bond donors (Lipinski definition) is 1. The van der Waals surface area contributed by atoms with Gasteiger partial charge in [0.15, 0.2) is 0 Å². The summed E-state index contributed by atoms with van der Waals surface area (Å²) in [7, 11) is 1.60. The molecular formula is C14H21ClO2. The van der Waals surface area contributed by atoms with Gasteiger partial charge in [0.2, 0.25) is 0 Å². The molecule has 0 heterocycles. The first-order chi connectivity index (χ1) is 7.77. The van der Waals surface area contributed by atoms with Gasteiger partial charge in [0, 0.05) is 5.56 Å². The first-order valence-corrected chi connectivity index (χ1v) is 6.21. The van der Waals surface area contributed by atoms with Crippen molar-refractivity contribution in [2.24, 2.45) is 0 Å². The van der Waals surface area contributed by atoms with Crippen LogP contribution in [0.25, 0.3) is 0 Å². The molecule has 1 N–H and O–H groups in total. The maximum atomic E-state index is 10.1. The van der Waals surface area contributed by atoms with E-state index < -0.39 is 6.10 Å². The van der Waals surface area contributed by atoms with Gasteiger partial charge in [-0.2, -0.15) is 0 Å². The highest BCUT2D eigenvalue weighted by atomic mass is 35.5. The molecule has 0 radical (unpaired) electrons. The highest BCUT2D eigenvalue weighted by molar-refractivity contribution is 6.20. The van der Waals surface area contributed by atoms with Gasteiger partial charge in [-0.05, 0) is 30.0 Å². The Morgan fingerprint density at radius 2 is 1.88 bits per heavy atom.